The molecule has 19 heavy (non-hydrogen) atoms. The van der Waals surface area contributed by atoms with Gasteiger partial charge < -0.3 is 10.7 Å². The number of benzene rings is 1. The summed E-state index contributed by atoms with van der Waals surface area (Å²) in [5, 5.41) is 0.591. The number of hydrogen-bond donors (Lipinski definition) is 2. The number of H-pyrrole nitrogens is 1. The van der Waals surface area contributed by atoms with Gasteiger partial charge in [0, 0.05) is 22.3 Å². The summed E-state index contributed by atoms with van der Waals surface area (Å²) >= 11 is 1.39. The average molecular weight is 275 g/mol. The highest BCUT2D eigenvalue weighted by Gasteiger charge is 2.07. The van der Waals surface area contributed by atoms with Gasteiger partial charge in [-0.15, -0.1) is 0 Å². The summed E-state index contributed by atoms with van der Waals surface area (Å²) in [4.78, 5) is 19.7. The fourth-order valence-electron chi connectivity index (χ4n) is 1.76. The number of nitrogens with two attached hydrogens (primary N) is 1. The van der Waals surface area contributed by atoms with Crippen LogP contribution in [0.2, 0.25) is 0 Å². The summed E-state index contributed by atoms with van der Waals surface area (Å²) in [7, 11) is 0. The number of aromatic amines is 1. The Balaban J connectivity index is 2.32. The Kier molecular flexibility index (Phi) is 4.27. The first-order valence-electron chi connectivity index (χ1n) is 6.23. The lowest BCUT2D eigenvalue weighted by Crippen LogP contribution is -2.10. The highest BCUT2D eigenvalue weighted by Crippen LogP contribution is 2.31. The number of nitrogen functional groups attached to an aromatic ring is 1. The summed E-state index contributed by atoms with van der Waals surface area (Å²) in [6, 6.07) is 7.39. The molecule has 0 saturated heterocycles. The minimum Gasteiger partial charge on any atom is -0.398 e. The third-order valence-corrected chi connectivity index (χ3v) is 3.73. The van der Waals surface area contributed by atoms with Crippen molar-refractivity contribution in [3.05, 3.63) is 45.9 Å². The Morgan fingerprint density at radius 2 is 2.21 bits per heavy atom. The van der Waals surface area contributed by atoms with E-state index in [9.17, 15) is 4.79 Å². The number of nitrogens with one attached hydrogen (secondary N) is 1. The third kappa shape index (κ3) is 3.38. The lowest BCUT2D eigenvalue weighted by molar-refractivity contribution is 0.816. The molecule has 3 N–H and O–H groups in total. The molecule has 0 radical (unpaired) electrons. The molecule has 1 aromatic carbocycles. The summed E-state index contributed by atoms with van der Waals surface area (Å²) in [5.74, 6) is 0. The molecule has 0 unspecified atom stereocenters. The number of hydrogen-bond acceptors (Lipinski definition) is 4. The second kappa shape index (κ2) is 5.93. The molecule has 0 bridgehead atoms. The first-order valence-corrected chi connectivity index (χ1v) is 7.05. The maximum absolute atomic E-state index is 11.6. The molecule has 0 atom stereocenters. The summed E-state index contributed by atoms with van der Waals surface area (Å²) in [5.41, 5.74) is 8.48. The number of nitrogens with zero attached hydrogens (tertiary/aromatic N) is 1. The van der Waals surface area contributed by atoms with Crippen LogP contribution in [0.3, 0.4) is 0 Å². The van der Waals surface area contributed by atoms with Crippen LogP contribution in [0.15, 0.2) is 39.1 Å². The molecule has 4 nitrogen and oxygen atoms in total. The summed E-state index contributed by atoms with van der Waals surface area (Å²) in [6.45, 7) is 4.03. The van der Waals surface area contributed by atoms with Gasteiger partial charge in [0.25, 0.3) is 5.56 Å². The Morgan fingerprint density at radius 3 is 2.95 bits per heavy atom. The van der Waals surface area contributed by atoms with E-state index in [-0.39, 0.29) is 5.56 Å². The normalized spacial score (nSPS) is 10.6. The molecule has 1 heterocycles. The van der Waals surface area contributed by atoms with Crippen molar-refractivity contribution in [3.63, 3.8) is 0 Å². The van der Waals surface area contributed by atoms with Crippen molar-refractivity contribution in [1.82, 2.24) is 9.97 Å². The largest absolute Gasteiger partial charge is 0.398 e. The molecule has 0 aliphatic heterocycles. The molecule has 0 spiro atoms. The van der Waals surface area contributed by atoms with Gasteiger partial charge in [0.15, 0.2) is 5.16 Å². The molecule has 100 valence electrons. The van der Waals surface area contributed by atoms with E-state index in [0.29, 0.717) is 5.16 Å². The molecular formula is C14H17N3OS. The van der Waals surface area contributed by atoms with Crippen molar-refractivity contribution >= 4 is 17.4 Å². The van der Waals surface area contributed by atoms with Crippen LogP contribution < -0.4 is 11.3 Å². The van der Waals surface area contributed by atoms with E-state index in [1.54, 1.807) is 6.07 Å². The van der Waals surface area contributed by atoms with Crippen LogP contribution >= 0.6 is 11.8 Å². The number of aryl methyl sites for hydroxylation is 2. The van der Waals surface area contributed by atoms with Crippen LogP contribution in [-0.2, 0) is 6.42 Å². The maximum atomic E-state index is 11.6. The van der Waals surface area contributed by atoms with Gasteiger partial charge in [0.05, 0.1) is 0 Å². The van der Waals surface area contributed by atoms with Crippen molar-refractivity contribution in [1.29, 1.82) is 0 Å². The van der Waals surface area contributed by atoms with Crippen molar-refractivity contribution in [2.75, 3.05) is 5.73 Å². The zero-order valence-electron chi connectivity index (χ0n) is 11.1. The van der Waals surface area contributed by atoms with Crippen molar-refractivity contribution in [2.24, 2.45) is 0 Å². The van der Waals surface area contributed by atoms with Gasteiger partial charge in [-0.3, -0.25) is 4.79 Å². The fraction of sp³-hybridized carbons (Fsp3) is 0.286. The molecule has 1 aromatic heterocycles. The highest BCUT2D eigenvalue weighted by molar-refractivity contribution is 7.99. The summed E-state index contributed by atoms with van der Waals surface area (Å²) in [6.07, 6.45) is 1.77. The van der Waals surface area contributed by atoms with E-state index in [1.165, 1.54) is 11.8 Å². The second-order valence-corrected chi connectivity index (χ2v) is 5.41. The Bertz CT molecular complexity index is 637. The number of anilines is 1. The van der Waals surface area contributed by atoms with Crippen molar-refractivity contribution < 1.29 is 0 Å². The Morgan fingerprint density at radius 1 is 1.42 bits per heavy atom. The van der Waals surface area contributed by atoms with Crippen LogP contribution in [0.1, 0.15) is 24.6 Å². The van der Waals surface area contributed by atoms with E-state index in [0.717, 1.165) is 34.7 Å². The van der Waals surface area contributed by atoms with E-state index >= 15 is 0 Å². The Labute approximate surface area is 116 Å². The van der Waals surface area contributed by atoms with E-state index < -0.39 is 0 Å². The smallest absolute Gasteiger partial charge is 0.251 e. The van der Waals surface area contributed by atoms with Gasteiger partial charge in [-0.2, -0.15) is 0 Å². The van der Waals surface area contributed by atoms with E-state index in [1.807, 2.05) is 25.1 Å². The minimum atomic E-state index is -0.118. The van der Waals surface area contributed by atoms with Crippen LogP contribution in [0, 0.1) is 6.92 Å². The van der Waals surface area contributed by atoms with Gasteiger partial charge in [-0.25, -0.2) is 4.98 Å². The van der Waals surface area contributed by atoms with Crippen LogP contribution in [0.5, 0.6) is 0 Å². The third-order valence-electron chi connectivity index (χ3n) is 2.77. The molecule has 0 saturated carbocycles. The molecular weight excluding hydrogens is 258 g/mol. The highest BCUT2D eigenvalue weighted by atomic mass is 32.2. The van der Waals surface area contributed by atoms with E-state index in [2.05, 4.69) is 16.9 Å². The van der Waals surface area contributed by atoms with Crippen molar-refractivity contribution in [3.8, 4) is 0 Å². The predicted molar refractivity (Wildman–Crippen MR) is 78.6 cm³/mol. The zero-order valence-corrected chi connectivity index (χ0v) is 11.9. The van der Waals surface area contributed by atoms with Crippen LogP contribution in [0.4, 0.5) is 5.69 Å². The zero-order chi connectivity index (χ0) is 13.8. The van der Waals surface area contributed by atoms with E-state index in [4.69, 9.17) is 5.73 Å². The van der Waals surface area contributed by atoms with Gasteiger partial charge in [0.1, 0.15) is 0 Å². The predicted octanol–water partition coefficient (Wildman–Crippen LogP) is 2.76. The molecule has 0 amide bonds. The molecule has 0 aliphatic rings. The number of para-hydroxylation sites is 1. The van der Waals surface area contributed by atoms with Crippen LogP contribution in [0.25, 0.3) is 0 Å². The fourth-order valence-corrected chi connectivity index (χ4v) is 2.70. The molecule has 2 aromatic rings. The lowest BCUT2D eigenvalue weighted by atomic mass is 10.2. The van der Waals surface area contributed by atoms with Gasteiger partial charge in [-0.1, -0.05) is 25.5 Å². The van der Waals surface area contributed by atoms with Gasteiger partial charge in [-0.05, 0) is 36.7 Å². The standard InChI is InChI=1S/C14H17N3OS/c1-3-5-10-8-12(18)17-14(16-10)19-11-7-4-6-9(2)13(11)15/h4,6-8H,3,5,15H2,1-2H3,(H,16,17,18). The van der Waals surface area contributed by atoms with Crippen molar-refractivity contribution in [2.45, 2.75) is 36.7 Å². The minimum absolute atomic E-state index is 0.118. The molecule has 0 fully saturated rings. The second-order valence-electron chi connectivity index (χ2n) is 4.38. The SMILES string of the molecule is CCCc1cc(=O)[nH]c(Sc2cccc(C)c2N)n1. The quantitative estimate of drug-likeness (QED) is 0.665. The molecule has 2 rings (SSSR count). The first-order chi connectivity index (χ1) is 9.10. The lowest BCUT2D eigenvalue weighted by Gasteiger charge is -2.07. The number of aromatic nitrogens is 2. The van der Waals surface area contributed by atoms with Gasteiger partial charge in [0.2, 0.25) is 0 Å². The monoisotopic (exact) mass is 275 g/mol. The topological polar surface area (TPSA) is 71.8 Å². The first kappa shape index (κ1) is 13.7. The number of rotatable bonds is 4. The summed E-state index contributed by atoms with van der Waals surface area (Å²) < 4.78 is 0. The molecule has 0 aliphatic carbocycles. The van der Waals surface area contributed by atoms with Crippen LogP contribution in [-0.4, -0.2) is 9.97 Å². The Hall–Kier alpha value is -1.75. The van der Waals surface area contributed by atoms with Gasteiger partial charge >= 0.3 is 0 Å². The molecule has 5 heteroatoms. The maximum Gasteiger partial charge on any atom is 0.251 e. The average Bonchev–Trinajstić information content (AvgIpc) is 2.35.